The molecule has 0 unspecified atom stereocenters. The lowest BCUT2D eigenvalue weighted by molar-refractivity contribution is 0.0218. The molecule has 0 aromatic heterocycles. The zero-order chi connectivity index (χ0) is 13.8. The molecule has 0 radical (unpaired) electrons. The highest BCUT2D eigenvalue weighted by atomic mass is 16.5. The van der Waals surface area contributed by atoms with E-state index in [-0.39, 0.29) is 23.8 Å². The Kier molecular flexibility index (Phi) is 4.99. The van der Waals surface area contributed by atoms with Crippen LogP contribution in [-0.2, 0) is 4.74 Å². The molecule has 2 amide bonds. The maximum absolute atomic E-state index is 12.2. The molecule has 1 aliphatic heterocycles. The maximum atomic E-state index is 12.2. The van der Waals surface area contributed by atoms with Crippen LogP contribution in [0.4, 0.5) is 4.79 Å². The lowest BCUT2D eigenvalue weighted by Crippen LogP contribution is -2.55. The van der Waals surface area contributed by atoms with Gasteiger partial charge in [0.1, 0.15) is 0 Å². The fourth-order valence-corrected chi connectivity index (χ4v) is 2.36. The number of rotatable bonds is 5. The summed E-state index contributed by atoms with van der Waals surface area (Å²) in [4.78, 5) is 14.0. The molecular weight excluding hydrogens is 232 g/mol. The largest absolute Gasteiger partial charge is 0.394 e. The zero-order valence-corrected chi connectivity index (χ0v) is 12.0. The van der Waals surface area contributed by atoms with Crippen molar-refractivity contribution in [3.05, 3.63) is 0 Å². The topological polar surface area (TPSA) is 61.8 Å². The summed E-state index contributed by atoms with van der Waals surface area (Å²) >= 11 is 0. The number of nitrogens with zero attached hydrogens (tertiary/aromatic N) is 1. The quantitative estimate of drug-likeness (QED) is 0.782. The minimum absolute atomic E-state index is 0.0323. The van der Waals surface area contributed by atoms with Crippen LogP contribution in [0, 0.1) is 0 Å². The lowest BCUT2D eigenvalue weighted by Gasteiger charge is -2.37. The molecule has 18 heavy (non-hydrogen) atoms. The summed E-state index contributed by atoms with van der Waals surface area (Å²) in [6, 6.07) is -0.103. The summed E-state index contributed by atoms with van der Waals surface area (Å²) in [7, 11) is 1.63. The van der Waals surface area contributed by atoms with Gasteiger partial charge in [-0.15, -0.1) is 0 Å². The van der Waals surface area contributed by atoms with Gasteiger partial charge in [-0.3, -0.25) is 0 Å². The summed E-state index contributed by atoms with van der Waals surface area (Å²) in [5, 5.41) is 12.5. The highest BCUT2D eigenvalue weighted by molar-refractivity contribution is 5.75. The van der Waals surface area contributed by atoms with E-state index in [2.05, 4.69) is 5.32 Å². The summed E-state index contributed by atoms with van der Waals surface area (Å²) in [6.07, 6.45) is 2.61. The first-order chi connectivity index (χ1) is 8.40. The molecule has 5 nitrogen and oxygen atoms in total. The molecule has 106 valence electrons. The van der Waals surface area contributed by atoms with Crippen LogP contribution in [0.25, 0.3) is 0 Å². The fraction of sp³-hybridized carbons (Fsp3) is 0.923. The Morgan fingerprint density at radius 3 is 2.72 bits per heavy atom. The summed E-state index contributed by atoms with van der Waals surface area (Å²) in [6.45, 7) is 7.08. The zero-order valence-electron chi connectivity index (χ0n) is 12.0. The Morgan fingerprint density at radius 2 is 2.22 bits per heavy atom. The number of hydrogen-bond acceptors (Lipinski definition) is 3. The van der Waals surface area contributed by atoms with E-state index in [1.807, 2.05) is 20.8 Å². The van der Waals surface area contributed by atoms with Crippen molar-refractivity contribution in [3.63, 3.8) is 0 Å². The number of ether oxygens (including phenoxy) is 1. The number of aliphatic hydroxyl groups is 1. The first-order valence-electron chi connectivity index (χ1n) is 6.62. The third-order valence-electron chi connectivity index (χ3n) is 4.01. The van der Waals surface area contributed by atoms with Crippen LogP contribution in [0.3, 0.4) is 0 Å². The maximum Gasteiger partial charge on any atom is 0.318 e. The SMILES string of the molecule is CC[C@]1(CO)CCCN1C(=O)NCC(C)(C)OC. The average molecular weight is 258 g/mol. The van der Waals surface area contributed by atoms with Gasteiger partial charge < -0.3 is 20.1 Å². The van der Waals surface area contributed by atoms with Gasteiger partial charge in [0, 0.05) is 20.2 Å². The average Bonchev–Trinajstić information content (AvgIpc) is 2.80. The number of likely N-dealkylation sites (tertiary alicyclic amines) is 1. The molecule has 0 saturated carbocycles. The minimum atomic E-state index is -0.374. The second-order valence-corrected chi connectivity index (χ2v) is 5.61. The third kappa shape index (κ3) is 3.14. The predicted octanol–water partition coefficient (Wildman–Crippen LogP) is 1.36. The lowest BCUT2D eigenvalue weighted by atomic mass is 9.94. The fourth-order valence-electron chi connectivity index (χ4n) is 2.36. The molecule has 0 aromatic rings. The number of amides is 2. The van der Waals surface area contributed by atoms with E-state index in [0.29, 0.717) is 13.1 Å². The van der Waals surface area contributed by atoms with Crippen molar-refractivity contribution in [1.82, 2.24) is 10.2 Å². The van der Waals surface area contributed by atoms with Crippen LogP contribution in [0.1, 0.15) is 40.0 Å². The van der Waals surface area contributed by atoms with Gasteiger partial charge in [0.15, 0.2) is 0 Å². The molecule has 0 spiro atoms. The summed E-state index contributed by atoms with van der Waals surface area (Å²) in [5.74, 6) is 0. The Balaban J connectivity index is 2.61. The number of carbonyl (C=O) groups excluding carboxylic acids is 1. The van der Waals surface area contributed by atoms with Crippen molar-refractivity contribution >= 4 is 6.03 Å². The van der Waals surface area contributed by atoms with E-state index in [1.165, 1.54) is 0 Å². The molecule has 2 N–H and O–H groups in total. The van der Waals surface area contributed by atoms with Gasteiger partial charge in [0.05, 0.1) is 17.7 Å². The van der Waals surface area contributed by atoms with Gasteiger partial charge in [-0.1, -0.05) is 6.92 Å². The number of nitrogens with one attached hydrogen (secondary N) is 1. The molecule has 1 saturated heterocycles. The van der Waals surface area contributed by atoms with Crippen LogP contribution in [-0.4, -0.2) is 54.0 Å². The van der Waals surface area contributed by atoms with Gasteiger partial charge in [-0.25, -0.2) is 4.79 Å². The number of urea groups is 1. The third-order valence-corrected chi connectivity index (χ3v) is 4.01. The highest BCUT2D eigenvalue weighted by Gasteiger charge is 2.41. The predicted molar refractivity (Wildman–Crippen MR) is 70.5 cm³/mol. The van der Waals surface area contributed by atoms with Crippen molar-refractivity contribution in [1.29, 1.82) is 0 Å². The van der Waals surface area contributed by atoms with Gasteiger partial charge in [-0.2, -0.15) is 0 Å². The monoisotopic (exact) mass is 258 g/mol. The van der Waals surface area contributed by atoms with E-state index in [4.69, 9.17) is 4.74 Å². The molecule has 1 aliphatic rings. The van der Waals surface area contributed by atoms with Crippen LogP contribution in [0.2, 0.25) is 0 Å². The van der Waals surface area contributed by atoms with E-state index in [9.17, 15) is 9.90 Å². The number of methoxy groups -OCH3 is 1. The van der Waals surface area contributed by atoms with E-state index < -0.39 is 0 Å². The van der Waals surface area contributed by atoms with E-state index in [0.717, 1.165) is 19.3 Å². The van der Waals surface area contributed by atoms with Crippen molar-refractivity contribution in [2.24, 2.45) is 0 Å². The Morgan fingerprint density at radius 1 is 1.56 bits per heavy atom. The van der Waals surface area contributed by atoms with Gasteiger partial charge in [0.2, 0.25) is 0 Å². The second-order valence-electron chi connectivity index (χ2n) is 5.61. The Bertz CT molecular complexity index is 288. The van der Waals surface area contributed by atoms with Gasteiger partial charge in [0.25, 0.3) is 0 Å². The van der Waals surface area contributed by atoms with Crippen molar-refractivity contribution in [2.75, 3.05) is 26.8 Å². The molecule has 1 heterocycles. The van der Waals surface area contributed by atoms with Crippen LogP contribution in [0.5, 0.6) is 0 Å². The first kappa shape index (κ1) is 15.2. The molecular formula is C13H26N2O3. The van der Waals surface area contributed by atoms with Crippen LogP contribution in [0.15, 0.2) is 0 Å². The molecule has 0 aromatic carbocycles. The molecule has 1 fully saturated rings. The molecule has 0 aliphatic carbocycles. The van der Waals surface area contributed by atoms with Crippen molar-refractivity contribution in [2.45, 2.75) is 51.2 Å². The molecule has 5 heteroatoms. The van der Waals surface area contributed by atoms with Gasteiger partial charge in [-0.05, 0) is 33.1 Å². The Hall–Kier alpha value is -0.810. The minimum Gasteiger partial charge on any atom is -0.394 e. The first-order valence-corrected chi connectivity index (χ1v) is 6.62. The molecule has 1 rings (SSSR count). The highest BCUT2D eigenvalue weighted by Crippen LogP contribution is 2.31. The number of carbonyl (C=O) groups is 1. The number of hydrogen-bond donors (Lipinski definition) is 2. The normalized spacial score (nSPS) is 24.4. The second kappa shape index (κ2) is 5.89. The summed E-state index contributed by atoms with van der Waals surface area (Å²) in [5.41, 5.74) is -0.745. The smallest absolute Gasteiger partial charge is 0.318 e. The number of aliphatic hydroxyl groups excluding tert-OH is 1. The van der Waals surface area contributed by atoms with Crippen molar-refractivity contribution < 1.29 is 14.6 Å². The van der Waals surface area contributed by atoms with Crippen LogP contribution < -0.4 is 5.32 Å². The standard InChI is InChI=1S/C13H26N2O3/c1-5-13(10-16)7-6-8-15(13)11(17)14-9-12(2,3)18-4/h16H,5-10H2,1-4H3,(H,14,17)/t13-/m1/s1. The van der Waals surface area contributed by atoms with Crippen LogP contribution >= 0.6 is 0 Å². The summed E-state index contributed by atoms with van der Waals surface area (Å²) < 4.78 is 5.27. The Labute approximate surface area is 109 Å². The van der Waals surface area contributed by atoms with E-state index >= 15 is 0 Å². The van der Waals surface area contributed by atoms with Gasteiger partial charge >= 0.3 is 6.03 Å². The van der Waals surface area contributed by atoms with Crippen molar-refractivity contribution in [3.8, 4) is 0 Å². The van der Waals surface area contributed by atoms with E-state index in [1.54, 1.807) is 12.0 Å². The molecule has 0 bridgehead atoms. The molecule has 1 atom stereocenters.